The van der Waals surface area contributed by atoms with Crippen molar-refractivity contribution in [3.63, 3.8) is 0 Å². The Kier molecular flexibility index (Phi) is 10.5. The summed E-state index contributed by atoms with van der Waals surface area (Å²) in [6, 6.07) is 0. The molecule has 0 aromatic carbocycles. The van der Waals surface area contributed by atoms with E-state index in [0.717, 1.165) is 45.1 Å². The van der Waals surface area contributed by atoms with Crippen molar-refractivity contribution in [1.29, 1.82) is 0 Å². The van der Waals surface area contributed by atoms with Gasteiger partial charge in [0.1, 0.15) is 54.6 Å². The van der Waals surface area contributed by atoms with Crippen molar-refractivity contribution in [3.8, 4) is 0 Å². The summed E-state index contributed by atoms with van der Waals surface area (Å²) in [7, 11) is 0. The monoisotopic (exact) mass is 754 g/mol. The van der Waals surface area contributed by atoms with E-state index in [-0.39, 0.29) is 40.8 Å². The molecule has 7 N–H and O–H groups in total. The van der Waals surface area contributed by atoms with Crippen LogP contribution in [0.1, 0.15) is 85.5 Å². The summed E-state index contributed by atoms with van der Waals surface area (Å²) in [6.07, 6.45) is -7.48. The molecule has 8 rings (SSSR count). The van der Waals surface area contributed by atoms with Crippen molar-refractivity contribution < 1.29 is 69.0 Å². The van der Waals surface area contributed by atoms with Crippen molar-refractivity contribution in [3.05, 3.63) is 0 Å². The summed E-state index contributed by atoms with van der Waals surface area (Å²) in [5.74, 6) is 1.91. The van der Waals surface area contributed by atoms with Crippen LogP contribution in [-0.2, 0) is 33.2 Å². The lowest BCUT2D eigenvalue weighted by atomic mass is 9.44. The smallest absolute Gasteiger partial charge is 0.187 e. The predicted octanol–water partition coefficient (Wildman–Crippen LogP) is 0.621. The summed E-state index contributed by atoms with van der Waals surface area (Å²) in [5, 5.41) is 72.7. The molecule has 1 spiro atoms. The molecule has 302 valence electrons. The fraction of sp³-hybridized carbons (Fsp3) is 0.974. The number of rotatable bonds is 6. The van der Waals surface area contributed by atoms with Crippen LogP contribution in [0.5, 0.6) is 0 Å². The van der Waals surface area contributed by atoms with E-state index in [4.69, 9.17) is 28.4 Å². The number of fused-ring (bicyclic) bond motifs is 7. The summed E-state index contributed by atoms with van der Waals surface area (Å²) in [5.41, 5.74) is -0.288. The van der Waals surface area contributed by atoms with Crippen molar-refractivity contribution in [2.75, 3.05) is 19.8 Å². The maximum absolute atomic E-state index is 14.5. The molecule has 4 aliphatic carbocycles. The van der Waals surface area contributed by atoms with E-state index in [1.165, 1.54) is 0 Å². The maximum Gasteiger partial charge on any atom is 0.187 e. The number of aliphatic hydroxyl groups is 7. The van der Waals surface area contributed by atoms with Gasteiger partial charge in [-0.25, -0.2) is 0 Å². The molecular weight excluding hydrogens is 692 g/mol. The predicted molar refractivity (Wildman–Crippen MR) is 183 cm³/mol. The Morgan fingerprint density at radius 1 is 0.774 bits per heavy atom. The Morgan fingerprint density at radius 3 is 2.17 bits per heavy atom. The van der Waals surface area contributed by atoms with Crippen molar-refractivity contribution >= 4 is 5.78 Å². The second kappa shape index (κ2) is 14.2. The molecule has 0 aromatic heterocycles. The van der Waals surface area contributed by atoms with Gasteiger partial charge in [0.15, 0.2) is 18.4 Å². The minimum Gasteiger partial charge on any atom is -0.394 e. The summed E-state index contributed by atoms with van der Waals surface area (Å²) in [4.78, 5) is 14.5. The first-order chi connectivity index (χ1) is 25.2. The molecule has 4 heterocycles. The zero-order valence-corrected chi connectivity index (χ0v) is 31.4. The lowest BCUT2D eigenvalue weighted by molar-refractivity contribution is -0.364. The van der Waals surface area contributed by atoms with Crippen LogP contribution in [-0.4, -0.2) is 141 Å². The Morgan fingerprint density at radius 2 is 1.47 bits per heavy atom. The fourth-order valence-electron chi connectivity index (χ4n) is 13.0. The molecule has 4 saturated heterocycles. The standard InChI is InChI=1S/C39H62O14/c1-17-7-10-39(48-16-17)18(2)27-24(53-39)12-22-21-6-5-19-11-20(8-9-37(19,3)28(21)23(42)13-38(22,27)4)49-35-33(47)31(45)34(26(15-41)51-35)52-36-32(46)30(44)29(43)25(14-40)50-36/h17-22,24-36,40-41,43-47H,5-16H2,1-4H3/t17-,18+,19+,20+,21+,22+,24+,25-,26-,27+,28-,29-,30+,31-,32-,33-,34-,35-,36+,37+,38+,39-/m1/s1. The average Bonchev–Trinajstić information content (AvgIpc) is 3.57. The third-order valence-electron chi connectivity index (χ3n) is 15.9. The molecule has 8 fully saturated rings. The number of carbonyl (C=O) groups excluding carboxylic acids is 1. The molecular formula is C39H62O14. The molecule has 0 bridgehead atoms. The van der Waals surface area contributed by atoms with E-state index in [1.807, 2.05) is 0 Å². The van der Waals surface area contributed by atoms with Crippen LogP contribution in [0.2, 0.25) is 0 Å². The molecule has 14 heteroatoms. The number of Topliss-reactive ketones (excluding diaryl/α,β-unsaturated/α-hetero) is 1. The van der Waals surface area contributed by atoms with Crippen LogP contribution in [0.4, 0.5) is 0 Å². The average molecular weight is 755 g/mol. The first kappa shape index (κ1) is 39.0. The highest BCUT2D eigenvalue weighted by Gasteiger charge is 2.71. The molecule has 0 aromatic rings. The lowest BCUT2D eigenvalue weighted by Crippen LogP contribution is -2.65. The molecule has 4 saturated carbocycles. The van der Waals surface area contributed by atoms with Crippen LogP contribution in [0.3, 0.4) is 0 Å². The van der Waals surface area contributed by atoms with Crippen LogP contribution >= 0.6 is 0 Å². The fourth-order valence-corrected chi connectivity index (χ4v) is 13.0. The van der Waals surface area contributed by atoms with Gasteiger partial charge in [0, 0.05) is 24.7 Å². The number of ketones is 1. The van der Waals surface area contributed by atoms with E-state index in [9.17, 15) is 40.5 Å². The van der Waals surface area contributed by atoms with Gasteiger partial charge < -0.3 is 64.2 Å². The second-order valence-corrected chi connectivity index (χ2v) is 18.7. The van der Waals surface area contributed by atoms with E-state index in [2.05, 4.69) is 27.7 Å². The topological polar surface area (TPSA) is 214 Å². The van der Waals surface area contributed by atoms with Crippen molar-refractivity contribution in [2.24, 2.45) is 52.3 Å². The SMILES string of the molecule is C[C@@H]1CC[C@@]2(OC1)O[C@H]1C[C@H]3[C@@H]4CC[C@H]5C[C@@H](O[C@@H]6O[C@H](CO)[C@@H](O[C@@H]7O[C@H](CO)[C@@H](O)[C@H](O)[C@H]7O)[C@H](O)[C@H]6O)CC[C@]5(C)[C@H]4C(=O)C[C@]3(C)[C@H]1[C@@H]2C. The quantitative estimate of drug-likeness (QED) is 0.185. The normalized spacial score (nSPS) is 58.2. The molecule has 0 unspecified atom stereocenters. The van der Waals surface area contributed by atoms with E-state index in [0.29, 0.717) is 48.7 Å². The van der Waals surface area contributed by atoms with Crippen molar-refractivity contribution in [1.82, 2.24) is 0 Å². The van der Waals surface area contributed by atoms with Gasteiger partial charge in [-0.15, -0.1) is 0 Å². The Bertz CT molecular complexity index is 1340. The van der Waals surface area contributed by atoms with Crippen LogP contribution in [0, 0.1) is 52.3 Å². The van der Waals surface area contributed by atoms with Gasteiger partial charge in [-0.2, -0.15) is 0 Å². The zero-order valence-electron chi connectivity index (χ0n) is 31.4. The first-order valence-corrected chi connectivity index (χ1v) is 20.2. The summed E-state index contributed by atoms with van der Waals surface area (Å²) in [6.45, 7) is 8.63. The third kappa shape index (κ3) is 6.12. The highest BCUT2D eigenvalue weighted by Crippen LogP contribution is 2.70. The third-order valence-corrected chi connectivity index (χ3v) is 15.9. The Hall–Kier alpha value is -0.850. The van der Waals surface area contributed by atoms with Gasteiger partial charge in [0.2, 0.25) is 0 Å². The van der Waals surface area contributed by atoms with Gasteiger partial charge in [0.25, 0.3) is 0 Å². The number of hydrogen-bond donors (Lipinski definition) is 7. The highest BCUT2D eigenvalue weighted by molar-refractivity contribution is 5.84. The Balaban J connectivity index is 0.911. The van der Waals surface area contributed by atoms with Gasteiger partial charge in [-0.3, -0.25) is 4.79 Å². The van der Waals surface area contributed by atoms with Gasteiger partial charge in [-0.1, -0.05) is 27.7 Å². The highest BCUT2D eigenvalue weighted by atomic mass is 16.7. The number of aliphatic hydroxyl groups excluding tert-OH is 7. The Labute approximate surface area is 311 Å². The van der Waals surface area contributed by atoms with E-state index in [1.54, 1.807) is 0 Å². The van der Waals surface area contributed by atoms with E-state index < -0.39 is 80.4 Å². The zero-order chi connectivity index (χ0) is 37.8. The van der Waals surface area contributed by atoms with Crippen LogP contribution < -0.4 is 0 Å². The second-order valence-electron chi connectivity index (χ2n) is 18.7. The lowest BCUT2D eigenvalue weighted by Gasteiger charge is -2.60. The summed E-state index contributed by atoms with van der Waals surface area (Å²) >= 11 is 0. The van der Waals surface area contributed by atoms with Gasteiger partial charge in [-0.05, 0) is 85.4 Å². The molecule has 22 atom stereocenters. The molecule has 0 radical (unpaired) electrons. The molecule has 0 amide bonds. The minimum absolute atomic E-state index is 0.0208. The molecule has 53 heavy (non-hydrogen) atoms. The van der Waals surface area contributed by atoms with Crippen LogP contribution in [0.15, 0.2) is 0 Å². The van der Waals surface area contributed by atoms with E-state index >= 15 is 0 Å². The maximum atomic E-state index is 14.5. The molecule has 8 aliphatic rings. The first-order valence-electron chi connectivity index (χ1n) is 20.2. The van der Waals surface area contributed by atoms with Crippen LogP contribution in [0.25, 0.3) is 0 Å². The number of ether oxygens (including phenoxy) is 6. The number of carbonyl (C=O) groups is 1. The van der Waals surface area contributed by atoms with Gasteiger partial charge in [0.05, 0.1) is 32.0 Å². The molecule has 4 aliphatic heterocycles. The largest absolute Gasteiger partial charge is 0.394 e. The van der Waals surface area contributed by atoms with Crippen molar-refractivity contribution in [2.45, 2.75) is 165 Å². The van der Waals surface area contributed by atoms with Gasteiger partial charge >= 0.3 is 0 Å². The molecule has 14 nitrogen and oxygen atoms in total. The minimum atomic E-state index is -1.74. The summed E-state index contributed by atoms with van der Waals surface area (Å²) < 4.78 is 36.8. The number of hydrogen-bond acceptors (Lipinski definition) is 14.